The predicted molar refractivity (Wildman–Crippen MR) is 171 cm³/mol. The monoisotopic (exact) mass is 635 g/mol. The lowest BCUT2D eigenvalue weighted by Crippen LogP contribution is -2.24. The average Bonchev–Trinajstić information content (AvgIpc) is 3.43. The molecule has 0 aliphatic rings. The second-order valence-corrected chi connectivity index (χ2v) is 12.1. The van der Waals surface area contributed by atoms with Crippen LogP contribution in [0.1, 0.15) is 34.1 Å². The molecule has 4 aromatic carbocycles. The van der Waals surface area contributed by atoms with Gasteiger partial charge in [-0.15, -0.1) is 23.1 Å². The quantitative estimate of drug-likeness (QED) is 0.140. The fourth-order valence-corrected chi connectivity index (χ4v) is 6.61. The number of carboxylic acid groups (broad SMARTS) is 1. The number of halogens is 2. The number of nitrogens with zero attached hydrogens (tertiary/aromatic N) is 1. The molecule has 0 saturated carbocycles. The number of fused-ring (bicyclic) bond motifs is 1. The summed E-state index contributed by atoms with van der Waals surface area (Å²) in [5.74, 6) is -1.73. The van der Waals surface area contributed by atoms with Crippen molar-refractivity contribution >= 4 is 85.7 Å². The van der Waals surface area contributed by atoms with Crippen molar-refractivity contribution in [1.82, 2.24) is 4.98 Å². The maximum Gasteiger partial charge on any atom is 0.336 e. The van der Waals surface area contributed by atoms with Gasteiger partial charge >= 0.3 is 5.97 Å². The maximum absolute atomic E-state index is 13.3. The van der Waals surface area contributed by atoms with E-state index in [2.05, 4.69) is 15.6 Å². The van der Waals surface area contributed by atoms with Gasteiger partial charge in [0, 0.05) is 37.5 Å². The van der Waals surface area contributed by atoms with E-state index in [0.29, 0.717) is 43.8 Å². The Labute approximate surface area is 259 Å². The Balaban J connectivity index is 1.28. The second kappa shape index (κ2) is 13.0. The number of carbonyl (C=O) groups is 3. The van der Waals surface area contributed by atoms with Gasteiger partial charge in [0.1, 0.15) is 0 Å². The van der Waals surface area contributed by atoms with E-state index < -0.39 is 17.1 Å². The average molecular weight is 637 g/mol. The molecule has 212 valence electrons. The topological polar surface area (TPSA) is 108 Å². The summed E-state index contributed by atoms with van der Waals surface area (Å²) in [7, 11) is 0. The SMILES string of the molecule is CCC(Sc1cccc(NC(=O)c2cccc3cccc(C(=O)O)c23)c1)C(=O)Nc1nc(-c2ccc(Cl)cc2Cl)cs1. The van der Waals surface area contributed by atoms with Gasteiger partial charge in [-0.3, -0.25) is 9.59 Å². The second-order valence-electron chi connectivity index (χ2n) is 9.16. The van der Waals surface area contributed by atoms with Gasteiger partial charge in [0.25, 0.3) is 5.91 Å². The first-order valence-corrected chi connectivity index (χ1v) is 15.3. The largest absolute Gasteiger partial charge is 0.478 e. The summed E-state index contributed by atoms with van der Waals surface area (Å²) in [6, 6.07) is 22.3. The zero-order valence-electron chi connectivity index (χ0n) is 22.1. The van der Waals surface area contributed by atoms with Crippen molar-refractivity contribution in [1.29, 1.82) is 0 Å². The molecule has 1 atom stereocenters. The first-order valence-electron chi connectivity index (χ1n) is 12.8. The van der Waals surface area contributed by atoms with Gasteiger partial charge in [-0.2, -0.15) is 0 Å². The van der Waals surface area contributed by atoms with E-state index in [-0.39, 0.29) is 17.0 Å². The molecule has 42 heavy (non-hydrogen) atoms. The van der Waals surface area contributed by atoms with Crippen molar-refractivity contribution in [2.24, 2.45) is 0 Å². The zero-order chi connectivity index (χ0) is 29.8. The van der Waals surface area contributed by atoms with Crippen LogP contribution in [0.25, 0.3) is 22.0 Å². The van der Waals surface area contributed by atoms with Gasteiger partial charge in [-0.1, -0.05) is 60.5 Å². The van der Waals surface area contributed by atoms with E-state index in [1.165, 1.54) is 29.2 Å². The minimum Gasteiger partial charge on any atom is -0.478 e. The molecule has 5 rings (SSSR count). The predicted octanol–water partition coefficient (Wildman–Crippen LogP) is 8.73. The number of rotatable bonds is 9. The molecule has 0 bridgehead atoms. The minimum absolute atomic E-state index is 0.0583. The van der Waals surface area contributed by atoms with Crippen LogP contribution >= 0.6 is 46.3 Å². The summed E-state index contributed by atoms with van der Waals surface area (Å²) in [6.07, 6.45) is 0.558. The van der Waals surface area contributed by atoms with Gasteiger partial charge in [-0.25, -0.2) is 9.78 Å². The summed E-state index contributed by atoms with van der Waals surface area (Å²) in [6.45, 7) is 1.92. The summed E-state index contributed by atoms with van der Waals surface area (Å²) >= 11 is 15.0. The van der Waals surface area contributed by atoms with Crippen LogP contribution in [0.2, 0.25) is 10.0 Å². The molecule has 3 N–H and O–H groups in total. The molecular weight excluding hydrogens is 613 g/mol. The van der Waals surface area contributed by atoms with Crippen molar-refractivity contribution in [2.45, 2.75) is 23.5 Å². The Kier molecular flexibility index (Phi) is 9.13. The van der Waals surface area contributed by atoms with Crippen LogP contribution in [0.5, 0.6) is 0 Å². The number of aromatic carboxylic acids is 1. The molecule has 0 spiro atoms. The number of carboxylic acids is 1. The molecule has 7 nitrogen and oxygen atoms in total. The molecule has 0 fully saturated rings. The van der Waals surface area contributed by atoms with Crippen molar-refractivity contribution in [3.8, 4) is 11.3 Å². The number of anilines is 2. The molecule has 1 unspecified atom stereocenters. The third-order valence-electron chi connectivity index (χ3n) is 6.35. The Hall–Kier alpha value is -3.89. The number of amides is 2. The minimum atomic E-state index is -1.11. The highest BCUT2D eigenvalue weighted by atomic mass is 35.5. The van der Waals surface area contributed by atoms with Crippen LogP contribution in [-0.4, -0.2) is 33.1 Å². The molecule has 1 heterocycles. The molecule has 1 aromatic heterocycles. The number of hydrogen-bond acceptors (Lipinski definition) is 6. The highest BCUT2D eigenvalue weighted by Crippen LogP contribution is 2.34. The summed E-state index contributed by atoms with van der Waals surface area (Å²) in [4.78, 5) is 43.5. The normalized spacial score (nSPS) is 11.7. The molecular formula is C31H23Cl2N3O4S2. The Morgan fingerprint density at radius 3 is 2.40 bits per heavy atom. The van der Waals surface area contributed by atoms with Crippen molar-refractivity contribution < 1.29 is 19.5 Å². The van der Waals surface area contributed by atoms with Crippen LogP contribution in [0, 0.1) is 0 Å². The molecule has 2 amide bonds. The smallest absolute Gasteiger partial charge is 0.336 e. The van der Waals surface area contributed by atoms with Gasteiger partial charge in [-0.05, 0) is 60.3 Å². The van der Waals surface area contributed by atoms with E-state index >= 15 is 0 Å². The number of aromatic nitrogens is 1. The van der Waals surface area contributed by atoms with Crippen LogP contribution in [0.15, 0.2) is 89.1 Å². The summed E-state index contributed by atoms with van der Waals surface area (Å²) in [5, 5.41) is 19.3. The third kappa shape index (κ3) is 6.60. The highest BCUT2D eigenvalue weighted by Gasteiger charge is 2.21. The third-order valence-corrected chi connectivity index (χ3v) is 9.02. The molecule has 0 aliphatic carbocycles. The fraction of sp³-hybridized carbons (Fsp3) is 0.0968. The number of thioether (sulfide) groups is 1. The maximum atomic E-state index is 13.3. The van der Waals surface area contributed by atoms with Crippen molar-refractivity contribution in [3.63, 3.8) is 0 Å². The van der Waals surface area contributed by atoms with Crippen molar-refractivity contribution in [3.05, 3.63) is 105 Å². The number of hydrogen-bond donors (Lipinski definition) is 3. The van der Waals surface area contributed by atoms with Crippen LogP contribution < -0.4 is 10.6 Å². The van der Waals surface area contributed by atoms with Gasteiger partial charge < -0.3 is 15.7 Å². The molecule has 0 saturated heterocycles. The summed E-state index contributed by atoms with van der Waals surface area (Å²) < 4.78 is 0. The van der Waals surface area contributed by atoms with E-state index in [0.717, 1.165) is 10.5 Å². The first kappa shape index (κ1) is 29.6. The van der Waals surface area contributed by atoms with Gasteiger partial charge in [0.05, 0.1) is 21.5 Å². The van der Waals surface area contributed by atoms with E-state index in [1.807, 2.05) is 18.4 Å². The van der Waals surface area contributed by atoms with Crippen LogP contribution in [-0.2, 0) is 4.79 Å². The number of carbonyl (C=O) groups excluding carboxylic acids is 2. The first-order chi connectivity index (χ1) is 20.2. The molecule has 0 radical (unpaired) electrons. The Morgan fingerprint density at radius 2 is 1.69 bits per heavy atom. The van der Waals surface area contributed by atoms with Crippen molar-refractivity contribution in [2.75, 3.05) is 10.6 Å². The number of nitrogens with one attached hydrogen (secondary N) is 2. The van der Waals surface area contributed by atoms with E-state index in [1.54, 1.807) is 66.7 Å². The van der Waals surface area contributed by atoms with E-state index in [9.17, 15) is 19.5 Å². The lowest BCUT2D eigenvalue weighted by molar-refractivity contribution is -0.115. The Morgan fingerprint density at radius 1 is 0.952 bits per heavy atom. The van der Waals surface area contributed by atoms with Crippen LogP contribution in [0.4, 0.5) is 10.8 Å². The summed E-state index contributed by atoms with van der Waals surface area (Å²) in [5.41, 5.74) is 2.21. The lowest BCUT2D eigenvalue weighted by atomic mass is 9.98. The van der Waals surface area contributed by atoms with Crippen LogP contribution in [0.3, 0.4) is 0 Å². The van der Waals surface area contributed by atoms with Gasteiger partial charge in [0.15, 0.2) is 5.13 Å². The molecule has 0 aliphatic heterocycles. The highest BCUT2D eigenvalue weighted by molar-refractivity contribution is 8.00. The molecule has 11 heteroatoms. The standard InChI is InChI=1S/C31H23Cl2N3O4S2/c1-2-26(29(38)36-31-35-25(16-41-31)21-13-12-18(32)14-24(21)33)42-20-9-5-8-19(15-20)34-28(37)22-10-3-6-17-7-4-11-23(27(17)22)30(39)40/h3-16,26H,2H2,1H3,(H,34,37)(H,39,40)(H,35,36,38). The van der Waals surface area contributed by atoms with Gasteiger partial charge in [0.2, 0.25) is 5.91 Å². The van der Waals surface area contributed by atoms with E-state index in [4.69, 9.17) is 23.2 Å². The molecule has 5 aromatic rings. The number of thiazole rings is 1. The number of benzene rings is 4. The zero-order valence-corrected chi connectivity index (χ0v) is 25.2. The lowest BCUT2D eigenvalue weighted by Gasteiger charge is -2.15. The Bertz CT molecular complexity index is 1820. The fourth-order valence-electron chi connectivity index (χ4n) is 4.38.